The molecule has 3 heterocycles. The Kier molecular flexibility index (Phi) is 5.58. The molecular formula is C21H27N3O2. The average molecular weight is 353 g/mol. The van der Waals surface area contributed by atoms with Gasteiger partial charge in [0.25, 0.3) is 0 Å². The van der Waals surface area contributed by atoms with Crippen LogP contribution in [0.2, 0.25) is 0 Å². The maximum atomic E-state index is 6.06. The molecule has 0 aromatic carbocycles. The topological polar surface area (TPSA) is 47.5 Å². The minimum absolute atomic E-state index is 0.339. The predicted octanol–water partition coefficient (Wildman–Crippen LogP) is 2.98. The first-order valence-corrected chi connectivity index (χ1v) is 9.53. The summed E-state index contributed by atoms with van der Waals surface area (Å²) >= 11 is 0. The van der Waals surface area contributed by atoms with Crippen molar-refractivity contribution in [2.75, 3.05) is 19.8 Å². The number of nitrogens with zero attached hydrogens (tertiary/aromatic N) is 3. The third-order valence-corrected chi connectivity index (χ3v) is 5.41. The standard InChI is InChI=1S/C21H27N3O2/c1-16-4-2-6-19(23-16)15-25-14-18-10-20-21(11-18)26-9-8-24(20)13-17-5-3-7-22-12-17/h2-7,12,18,20-21H,8-11,13-15H2,1H3/t18-,20+,21-/m0/s1. The Morgan fingerprint density at radius 3 is 3.04 bits per heavy atom. The van der Waals surface area contributed by atoms with Gasteiger partial charge in [0, 0.05) is 37.2 Å². The summed E-state index contributed by atoms with van der Waals surface area (Å²) in [6.45, 7) is 6.16. The Labute approximate surface area is 155 Å². The molecule has 1 saturated carbocycles. The molecule has 0 unspecified atom stereocenters. The highest BCUT2D eigenvalue weighted by molar-refractivity contribution is 5.10. The van der Waals surface area contributed by atoms with Gasteiger partial charge in [0.15, 0.2) is 0 Å². The van der Waals surface area contributed by atoms with Crippen molar-refractivity contribution in [3.63, 3.8) is 0 Å². The van der Waals surface area contributed by atoms with Crippen LogP contribution >= 0.6 is 0 Å². The minimum atomic E-state index is 0.339. The third-order valence-electron chi connectivity index (χ3n) is 5.41. The molecule has 1 aliphatic carbocycles. The van der Waals surface area contributed by atoms with Crippen molar-refractivity contribution in [1.29, 1.82) is 0 Å². The molecule has 5 heteroatoms. The van der Waals surface area contributed by atoms with Crippen molar-refractivity contribution >= 4 is 0 Å². The van der Waals surface area contributed by atoms with E-state index >= 15 is 0 Å². The highest BCUT2D eigenvalue weighted by Crippen LogP contribution is 2.35. The summed E-state index contributed by atoms with van der Waals surface area (Å²) in [5, 5.41) is 0. The Bertz CT molecular complexity index is 709. The van der Waals surface area contributed by atoms with Crippen LogP contribution in [0.5, 0.6) is 0 Å². The molecule has 26 heavy (non-hydrogen) atoms. The Balaban J connectivity index is 1.29. The maximum Gasteiger partial charge on any atom is 0.0888 e. The number of hydrogen-bond donors (Lipinski definition) is 0. The van der Waals surface area contributed by atoms with Gasteiger partial charge >= 0.3 is 0 Å². The van der Waals surface area contributed by atoms with Crippen molar-refractivity contribution in [1.82, 2.24) is 14.9 Å². The first-order chi connectivity index (χ1) is 12.8. The molecule has 2 aromatic rings. The molecule has 0 bridgehead atoms. The van der Waals surface area contributed by atoms with Crippen LogP contribution in [-0.4, -0.2) is 46.8 Å². The van der Waals surface area contributed by atoms with E-state index in [4.69, 9.17) is 9.47 Å². The molecule has 138 valence electrons. The minimum Gasteiger partial charge on any atom is -0.375 e. The summed E-state index contributed by atoms with van der Waals surface area (Å²) in [5.74, 6) is 0.560. The normalized spacial score (nSPS) is 26.0. The van der Waals surface area contributed by atoms with E-state index in [2.05, 4.69) is 20.9 Å². The number of rotatable bonds is 6. The smallest absolute Gasteiger partial charge is 0.0888 e. The summed E-state index contributed by atoms with van der Waals surface area (Å²) in [7, 11) is 0. The summed E-state index contributed by atoms with van der Waals surface area (Å²) < 4.78 is 12.0. The van der Waals surface area contributed by atoms with Gasteiger partial charge in [-0.15, -0.1) is 0 Å². The van der Waals surface area contributed by atoms with E-state index in [-0.39, 0.29) is 0 Å². The van der Waals surface area contributed by atoms with Crippen LogP contribution in [0.4, 0.5) is 0 Å². The number of ether oxygens (including phenoxy) is 2. The average Bonchev–Trinajstić information content (AvgIpc) is 3.07. The lowest BCUT2D eigenvalue weighted by Crippen LogP contribution is -2.47. The van der Waals surface area contributed by atoms with Gasteiger partial charge in [-0.25, -0.2) is 0 Å². The maximum absolute atomic E-state index is 6.06. The fraction of sp³-hybridized carbons (Fsp3) is 0.524. The van der Waals surface area contributed by atoms with E-state index in [0.717, 1.165) is 50.5 Å². The van der Waals surface area contributed by atoms with E-state index < -0.39 is 0 Å². The summed E-state index contributed by atoms with van der Waals surface area (Å²) in [6.07, 6.45) is 6.37. The molecular weight excluding hydrogens is 326 g/mol. The molecule has 4 rings (SSSR count). The number of aromatic nitrogens is 2. The monoisotopic (exact) mass is 353 g/mol. The molecule has 1 saturated heterocycles. The summed E-state index contributed by atoms with van der Waals surface area (Å²) in [4.78, 5) is 11.3. The SMILES string of the molecule is Cc1cccc(COC[C@@H]2C[C@@H]3OCCN(Cc4cccnc4)[C@@H]3C2)n1. The summed E-state index contributed by atoms with van der Waals surface area (Å²) in [5.41, 5.74) is 3.32. The summed E-state index contributed by atoms with van der Waals surface area (Å²) in [6, 6.07) is 10.7. The van der Waals surface area contributed by atoms with E-state index in [9.17, 15) is 0 Å². The molecule has 0 amide bonds. The fourth-order valence-electron chi connectivity index (χ4n) is 4.19. The predicted molar refractivity (Wildman–Crippen MR) is 99.5 cm³/mol. The molecule has 0 radical (unpaired) electrons. The lowest BCUT2D eigenvalue weighted by molar-refractivity contribution is -0.0591. The fourth-order valence-corrected chi connectivity index (χ4v) is 4.19. The van der Waals surface area contributed by atoms with Crippen LogP contribution in [0.3, 0.4) is 0 Å². The van der Waals surface area contributed by atoms with Crippen LogP contribution in [0.25, 0.3) is 0 Å². The van der Waals surface area contributed by atoms with E-state index in [0.29, 0.717) is 24.7 Å². The van der Waals surface area contributed by atoms with Gasteiger partial charge in [-0.2, -0.15) is 0 Å². The van der Waals surface area contributed by atoms with Gasteiger partial charge in [0.05, 0.1) is 31.6 Å². The van der Waals surface area contributed by atoms with Crippen LogP contribution in [0.15, 0.2) is 42.7 Å². The Morgan fingerprint density at radius 1 is 1.23 bits per heavy atom. The van der Waals surface area contributed by atoms with Crippen molar-refractivity contribution in [2.45, 2.75) is 45.1 Å². The van der Waals surface area contributed by atoms with Crippen molar-refractivity contribution in [2.24, 2.45) is 5.92 Å². The molecule has 0 N–H and O–H groups in total. The second kappa shape index (κ2) is 8.25. The molecule has 2 fully saturated rings. The number of hydrogen-bond acceptors (Lipinski definition) is 5. The van der Waals surface area contributed by atoms with Gasteiger partial charge in [0.2, 0.25) is 0 Å². The van der Waals surface area contributed by atoms with Crippen LogP contribution in [0, 0.1) is 12.8 Å². The molecule has 1 aliphatic heterocycles. The lowest BCUT2D eigenvalue weighted by Gasteiger charge is -2.37. The number of morpholine rings is 1. The lowest BCUT2D eigenvalue weighted by atomic mass is 10.1. The highest BCUT2D eigenvalue weighted by atomic mass is 16.5. The van der Waals surface area contributed by atoms with Crippen molar-refractivity contribution in [3.8, 4) is 0 Å². The third kappa shape index (κ3) is 4.29. The van der Waals surface area contributed by atoms with Gasteiger partial charge in [-0.05, 0) is 49.4 Å². The Hall–Kier alpha value is -1.82. The largest absolute Gasteiger partial charge is 0.375 e. The van der Waals surface area contributed by atoms with Crippen LogP contribution in [0.1, 0.15) is 29.8 Å². The van der Waals surface area contributed by atoms with Crippen molar-refractivity contribution in [3.05, 3.63) is 59.7 Å². The van der Waals surface area contributed by atoms with Crippen LogP contribution in [-0.2, 0) is 22.6 Å². The molecule has 5 nitrogen and oxygen atoms in total. The van der Waals surface area contributed by atoms with Gasteiger partial charge in [-0.3, -0.25) is 14.9 Å². The van der Waals surface area contributed by atoms with E-state index in [1.54, 1.807) is 0 Å². The second-order valence-electron chi connectivity index (χ2n) is 7.43. The molecule has 2 aliphatic rings. The number of fused-ring (bicyclic) bond motifs is 1. The molecule has 0 spiro atoms. The number of pyridine rings is 2. The highest BCUT2D eigenvalue weighted by Gasteiger charge is 2.40. The zero-order chi connectivity index (χ0) is 17.8. The molecule has 3 atom stereocenters. The first kappa shape index (κ1) is 17.6. The zero-order valence-electron chi connectivity index (χ0n) is 15.4. The first-order valence-electron chi connectivity index (χ1n) is 9.53. The van der Waals surface area contributed by atoms with Gasteiger partial charge in [-0.1, -0.05) is 12.1 Å². The van der Waals surface area contributed by atoms with Gasteiger partial charge in [0.1, 0.15) is 0 Å². The van der Waals surface area contributed by atoms with E-state index in [1.807, 2.05) is 43.6 Å². The zero-order valence-corrected chi connectivity index (χ0v) is 15.4. The quantitative estimate of drug-likeness (QED) is 0.799. The van der Waals surface area contributed by atoms with Crippen molar-refractivity contribution < 1.29 is 9.47 Å². The Morgan fingerprint density at radius 2 is 2.19 bits per heavy atom. The molecule has 2 aromatic heterocycles. The second-order valence-corrected chi connectivity index (χ2v) is 7.43. The van der Waals surface area contributed by atoms with E-state index in [1.165, 1.54) is 5.56 Å². The van der Waals surface area contributed by atoms with Gasteiger partial charge < -0.3 is 9.47 Å². The van der Waals surface area contributed by atoms with Crippen LogP contribution < -0.4 is 0 Å². The number of aryl methyl sites for hydroxylation is 1.